The Hall–Kier alpha value is -2.57. The van der Waals surface area contributed by atoms with E-state index in [1.54, 1.807) is 6.08 Å². The van der Waals surface area contributed by atoms with Crippen LogP contribution in [0.5, 0.6) is 0 Å². The maximum atomic E-state index is 12.3. The maximum Gasteiger partial charge on any atom is 0.337 e. The molecule has 6 nitrogen and oxygen atoms in total. The van der Waals surface area contributed by atoms with Gasteiger partial charge in [-0.15, -0.1) is 6.58 Å². The average Bonchev–Trinajstić information content (AvgIpc) is 3.07. The van der Waals surface area contributed by atoms with Gasteiger partial charge in [0.15, 0.2) is 0 Å². The Morgan fingerprint density at radius 2 is 2.26 bits per heavy atom. The van der Waals surface area contributed by atoms with Gasteiger partial charge in [-0.05, 0) is 31.0 Å². The number of fused-ring (bicyclic) bond motifs is 3. The van der Waals surface area contributed by atoms with E-state index in [0.717, 1.165) is 24.2 Å². The van der Waals surface area contributed by atoms with E-state index in [1.165, 1.54) is 24.3 Å². The van der Waals surface area contributed by atoms with Gasteiger partial charge in [-0.2, -0.15) is 0 Å². The number of hydrogen-bond donors (Lipinski definition) is 3. The van der Waals surface area contributed by atoms with E-state index in [0.29, 0.717) is 12.0 Å². The zero-order valence-corrected chi connectivity index (χ0v) is 15.3. The molecule has 0 saturated heterocycles. The summed E-state index contributed by atoms with van der Waals surface area (Å²) in [5.74, 6) is -1.08. The summed E-state index contributed by atoms with van der Waals surface area (Å²) in [6.45, 7) is 4.69. The number of aliphatic hydroxyl groups excluding tert-OH is 1. The van der Waals surface area contributed by atoms with E-state index in [4.69, 9.17) is 9.47 Å². The summed E-state index contributed by atoms with van der Waals surface area (Å²) in [5, 5.41) is 15.0. The number of nitrogens with one attached hydrogen (secondary N) is 2. The van der Waals surface area contributed by atoms with Gasteiger partial charge in [-0.25, -0.2) is 4.79 Å². The lowest BCUT2D eigenvalue weighted by Crippen LogP contribution is -2.39. The highest BCUT2D eigenvalue weighted by Crippen LogP contribution is 2.40. The highest BCUT2D eigenvalue weighted by molar-refractivity contribution is 5.89. The summed E-state index contributed by atoms with van der Waals surface area (Å²) in [4.78, 5) is 15.8. The predicted molar refractivity (Wildman–Crippen MR) is 102 cm³/mol. The van der Waals surface area contributed by atoms with Crippen molar-refractivity contribution in [1.82, 2.24) is 10.3 Å². The molecule has 2 aliphatic rings. The van der Waals surface area contributed by atoms with Crippen molar-refractivity contribution in [3.05, 3.63) is 60.0 Å². The highest BCUT2D eigenvalue weighted by Gasteiger charge is 2.39. The van der Waals surface area contributed by atoms with Gasteiger partial charge in [-0.1, -0.05) is 24.3 Å². The van der Waals surface area contributed by atoms with Gasteiger partial charge in [0, 0.05) is 34.5 Å². The lowest BCUT2D eigenvalue weighted by molar-refractivity contribution is -0.142. The second-order valence-corrected chi connectivity index (χ2v) is 7.07. The fraction of sp³-hybridized carbons (Fsp3) is 0.381. The van der Waals surface area contributed by atoms with Gasteiger partial charge >= 0.3 is 5.97 Å². The highest BCUT2D eigenvalue weighted by atomic mass is 16.6. The van der Waals surface area contributed by atoms with Crippen LogP contribution in [-0.4, -0.2) is 36.0 Å². The first-order valence-corrected chi connectivity index (χ1v) is 9.21. The molecule has 0 amide bonds. The Bertz CT molecular complexity index is 901. The van der Waals surface area contributed by atoms with Gasteiger partial charge in [0.25, 0.3) is 0 Å². The monoisotopic (exact) mass is 368 g/mol. The molecule has 6 heteroatoms. The number of rotatable bonds is 4. The van der Waals surface area contributed by atoms with Crippen molar-refractivity contribution in [1.29, 1.82) is 0 Å². The van der Waals surface area contributed by atoms with Crippen LogP contribution >= 0.6 is 0 Å². The molecule has 2 aliphatic heterocycles. The second kappa shape index (κ2) is 7.21. The number of hydrogen-bond acceptors (Lipinski definition) is 5. The fourth-order valence-electron chi connectivity index (χ4n) is 4.33. The van der Waals surface area contributed by atoms with Gasteiger partial charge in [-0.3, -0.25) is 0 Å². The summed E-state index contributed by atoms with van der Waals surface area (Å²) in [6, 6.07) is 8.32. The number of aliphatic hydroxyl groups is 1. The maximum absolute atomic E-state index is 12.3. The zero-order valence-electron chi connectivity index (χ0n) is 15.3. The molecule has 0 spiro atoms. The molecule has 27 heavy (non-hydrogen) atoms. The van der Waals surface area contributed by atoms with Crippen LogP contribution in [0.4, 0.5) is 0 Å². The first-order valence-electron chi connectivity index (χ1n) is 9.21. The zero-order chi connectivity index (χ0) is 19.0. The molecule has 4 atom stereocenters. The molecule has 0 saturated carbocycles. The molecule has 3 N–H and O–H groups in total. The van der Waals surface area contributed by atoms with Crippen LogP contribution in [0.2, 0.25) is 0 Å². The third-order valence-electron chi connectivity index (χ3n) is 5.67. The molecule has 0 aliphatic carbocycles. The summed E-state index contributed by atoms with van der Waals surface area (Å²) in [6.07, 6.45) is 3.54. The second-order valence-electron chi connectivity index (χ2n) is 7.07. The number of para-hydroxylation sites is 1. The number of methoxy groups -OCH3 is 1. The van der Waals surface area contributed by atoms with E-state index in [-0.39, 0.29) is 17.9 Å². The van der Waals surface area contributed by atoms with E-state index in [2.05, 4.69) is 29.0 Å². The van der Waals surface area contributed by atoms with Crippen LogP contribution in [0.25, 0.3) is 10.9 Å². The number of H-pyrrole nitrogens is 1. The molecule has 1 aromatic heterocycles. The smallest absolute Gasteiger partial charge is 0.337 e. The van der Waals surface area contributed by atoms with E-state index < -0.39 is 12.3 Å². The normalized spacial score (nSPS) is 27.4. The molecule has 2 aromatic rings. The van der Waals surface area contributed by atoms with E-state index in [9.17, 15) is 9.90 Å². The lowest BCUT2D eigenvalue weighted by atomic mass is 9.78. The first kappa shape index (κ1) is 17.8. The van der Waals surface area contributed by atoms with Crippen LogP contribution in [0.15, 0.2) is 48.8 Å². The van der Waals surface area contributed by atoms with Crippen molar-refractivity contribution in [2.75, 3.05) is 13.7 Å². The number of esters is 1. The minimum Gasteiger partial charge on any atom is -0.472 e. The molecule has 3 unspecified atom stereocenters. The van der Waals surface area contributed by atoms with E-state index >= 15 is 0 Å². The number of aromatic amines is 1. The Labute approximate surface area is 157 Å². The van der Waals surface area contributed by atoms with Crippen LogP contribution in [-0.2, 0) is 20.7 Å². The van der Waals surface area contributed by atoms with Gasteiger partial charge in [0.2, 0.25) is 6.29 Å². The van der Waals surface area contributed by atoms with Crippen LogP contribution in [0.1, 0.15) is 23.7 Å². The van der Waals surface area contributed by atoms with Crippen molar-refractivity contribution in [3.8, 4) is 0 Å². The summed E-state index contributed by atoms with van der Waals surface area (Å²) < 4.78 is 10.2. The van der Waals surface area contributed by atoms with Crippen molar-refractivity contribution < 1.29 is 19.4 Å². The predicted octanol–water partition coefficient (Wildman–Crippen LogP) is 2.57. The molecule has 1 aromatic carbocycles. The van der Waals surface area contributed by atoms with Crippen LogP contribution in [0.3, 0.4) is 0 Å². The number of carbonyl (C=O) groups excluding carboxylic acids is 1. The molecule has 3 heterocycles. The Morgan fingerprint density at radius 1 is 1.44 bits per heavy atom. The SMILES string of the molecule is C=CC1C(CC2NCCc3c2[nH]c2ccccc32)C(C(=O)OC)=CO[C@H]1O. The number of carbonyl (C=O) groups is 1. The molecule has 0 radical (unpaired) electrons. The molecule has 4 rings (SSSR count). The molecule has 0 bridgehead atoms. The number of benzene rings is 1. The van der Waals surface area contributed by atoms with Gasteiger partial charge < -0.3 is 24.9 Å². The van der Waals surface area contributed by atoms with Crippen molar-refractivity contribution in [3.63, 3.8) is 0 Å². The summed E-state index contributed by atoms with van der Waals surface area (Å²) in [7, 11) is 1.35. The Balaban J connectivity index is 1.70. The number of ether oxygens (including phenoxy) is 2. The molecule has 142 valence electrons. The topological polar surface area (TPSA) is 83.6 Å². The van der Waals surface area contributed by atoms with Crippen LogP contribution < -0.4 is 5.32 Å². The average molecular weight is 368 g/mol. The minimum absolute atomic E-state index is 0.0342. The molecular formula is C21H24N2O4. The summed E-state index contributed by atoms with van der Waals surface area (Å²) in [5.41, 5.74) is 4.01. The first-order chi connectivity index (χ1) is 13.1. The fourth-order valence-corrected chi connectivity index (χ4v) is 4.33. The molecule has 0 fully saturated rings. The Morgan fingerprint density at radius 3 is 3.04 bits per heavy atom. The summed E-state index contributed by atoms with van der Waals surface area (Å²) >= 11 is 0. The number of aromatic nitrogens is 1. The quantitative estimate of drug-likeness (QED) is 0.571. The third kappa shape index (κ3) is 3.05. The van der Waals surface area contributed by atoms with Gasteiger partial charge in [0.1, 0.15) is 0 Å². The van der Waals surface area contributed by atoms with E-state index in [1.807, 2.05) is 12.1 Å². The standard InChI is InChI=1S/C21H24N2O4/c1-3-12-15(16(20(24)26-2)11-27-21(12)25)10-18-19-14(8-9-22-18)13-6-4-5-7-17(13)23-19/h3-7,11-12,15,18,21-23,25H,1,8-10H2,2H3/t12?,15?,18?,21-/m1/s1. The van der Waals surface area contributed by atoms with Crippen molar-refractivity contribution in [2.24, 2.45) is 11.8 Å². The largest absolute Gasteiger partial charge is 0.472 e. The lowest BCUT2D eigenvalue weighted by Gasteiger charge is -2.36. The third-order valence-corrected chi connectivity index (χ3v) is 5.67. The van der Waals surface area contributed by atoms with Crippen molar-refractivity contribution in [2.45, 2.75) is 25.2 Å². The van der Waals surface area contributed by atoms with Gasteiger partial charge in [0.05, 0.1) is 18.9 Å². The Kier molecular flexibility index (Phi) is 4.76. The minimum atomic E-state index is -1.02. The van der Waals surface area contributed by atoms with Crippen LogP contribution in [0, 0.1) is 11.8 Å². The molecular weight excluding hydrogens is 344 g/mol. The van der Waals surface area contributed by atoms with Crippen molar-refractivity contribution >= 4 is 16.9 Å².